The number of ether oxygens (including phenoxy) is 1. The monoisotopic (exact) mass is 284 g/mol. The first kappa shape index (κ1) is 15.2. The molecule has 0 radical (unpaired) electrons. The molecule has 1 saturated carbocycles. The third kappa shape index (κ3) is 2.67. The first-order chi connectivity index (χ1) is 8.47. The van der Waals surface area contributed by atoms with Crippen LogP contribution in [-0.2, 0) is 14.0 Å². The van der Waals surface area contributed by atoms with Gasteiger partial charge in [0.05, 0.1) is 12.2 Å². The normalized spacial score (nSPS) is 38.8. The highest BCUT2D eigenvalue weighted by Crippen LogP contribution is 2.52. The van der Waals surface area contributed by atoms with Crippen molar-refractivity contribution in [3.05, 3.63) is 0 Å². The molecule has 0 unspecified atom stereocenters. The lowest BCUT2D eigenvalue weighted by molar-refractivity contribution is -0.122. The third-order valence-electron chi connectivity index (χ3n) is 5.43. The van der Waals surface area contributed by atoms with E-state index in [4.69, 9.17) is 9.16 Å². The summed E-state index contributed by atoms with van der Waals surface area (Å²) < 4.78 is 12.4. The summed E-state index contributed by atoms with van der Waals surface area (Å²) in [6.45, 7) is 15.1. The van der Waals surface area contributed by atoms with Crippen LogP contribution < -0.4 is 0 Å². The van der Waals surface area contributed by atoms with Gasteiger partial charge in [0.15, 0.2) is 8.32 Å². The van der Waals surface area contributed by atoms with Crippen molar-refractivity contribution in [2.24, 2.45) is 5.92 Å². The molecule has 110 valence electrons. The van der Waals surface area contributed by atoms with E-state index in [1.165, 1.54) is 0 Å². The minimum Gasteiger partial charge on any atom is -0.411 e. The van der Waals surface area contributed by atoms with E-state index in [9.17, 15) is 4.79 Å². The van der Waals surface area contributed by atoms with Crippen LogP contribution in [0.2, 0.25) is 18.1 Å². The van der Waals surface area contributed by atoms with Crippen LogP contribution in [0.25, 0.3) is 0 Å². The van der Waals surface area contributed by atoms with Gasteiger partial charge in [-0.2, -0.15) is 0 Å². The first-order valence-electron chi connectivity index (χ1n) is 7.33. The van der Waals surface area contributed by atoms with Gasteiger partial charge in [-0.15, -0.1) is 0 Å². The van der Waals surface area contributed by atoms with Crippen molar-refractivity contribution in [1.29, 1.82) is 0 Å². The number of carbonyl (C=O) groups excluding carboxylic acids is 1. The summed E-state index contributed by atoms with van der Waals surface area (Å²) in [4.78, 5) is 11.7. The maximum atomic E-state index is 11.7. The van der Waals surface area contributed by atoms with Gasteiger partial charge in [-0.05, 0) is 44.8 Å². The predicted molar refractivity (Wildman–Crippen MR) is 78.8 cm³/mol. The molecule has 1 heterocycles. The smallest absolute Gasteiger partial charge is 0.192 e. The predicted octanol–water partition coefficient (Wildman–Crippen LogP) is 3.53. The Kier molecular flexibility index (Phi) is 3.52. The van der Waals surface area contributed by atoms with Gasteiger partial charge in [-0.25, -0.2) is 0 Å². The number of fused-ring (bicyclic) bond motifs is 1. The number of rotatable bonds is 3. The minimum atomic E-state index is -1.81. The molecule has 2 fully saturated rings. The highest BCUT2D eigenvalue weighted by molar-refractivity contribution is 6.74. The van der Waals surface area contributed by atoms with Crippen molar-refractivity contribution in [3.8, 4) is 0 Å². The molecule has 0 bridgehead atoms. The molecule has 2 rings (SSSR count). The van der Waals surface area contributed by atoms with Crippen LogP contribution >= 0.6 is 0 Å². The average Bonchev–Trinajstić information content (AvgIpc) is 2.87. The zero-order valence-corrected chi connectivity index (χ0v) is 14.4. The highest BCUT2D eigenvalue weighted by atomic mass is 28.4. The molecule has 0 N–H and O–H groups in total. The molecule has 4 atom stereocenters. The summed E-state index contributed by atoms with van der Waals surface area (Å²) in [6, 6.07) is 0. The van der Waals surface area contributed by atoms with Crippen LogP contribution in [0.5, 0.6) is 0 Å². The van der Waals surface area contributed by atoms with Gasteiger partial charge in [0.2, 0.25) is 0 Å². The molecule has 1 aliphatic carbocycles. The van der Waals surface area contributed by atoms with E-state index < -0.39 is 8.32 Å². The number of hydrogen-bond donors (Lipinski definition) is 0. The molecule has 2 aliphatic rings. The standard InChI is InChI=1S/C15H28O3Si/c1-10(16)11-8-12-15(5,17-12)13(9-11)18-19(6,7)14(2,3)4/h11-13H,8-9H2,1-7H3/t11-,12-,13+,15-/m1/s1. The molecule has 0 aromatic heterocycles. The van der Waals surface area contributed by atoms with Crippen molar-refractivity contribution < 1.29 is 14.0 Å². The van der Waals surface area contributed by atoms with Gasteiger partial charge >= 0.3 is 0 Å². The van der Waals surface area contributed by atoms with Gasteiger partial charge in [-0.1, -0.05) is 20.8 Å². The second-order valence-electron chi connectivity index (χ2n) is 7.94. The van der Waals surface area contributed by atoms with Gasteiger partial charge in [0.1, 0.15) is 11.4 Å². The molecule has 19 heavy (non-hydrogen) atoms. The van der Waals surface area contributed by atoms with Crippen LogP contribution in [-0.4, -0.2) is 31.9 Å². The number of hydrogen-bond acceptors (Lipinski definition) is 3. The van der Waals surface area contributed by atoms with Crippen molar-refractivity contribution >= 4 is 14.1 Å². The van der Waals surface area contributed by atoms with Crippen LogP contribution in [0.1, 0.15) is 47.5 Å². The highest BCUT2D eigenvalue weighted by Gasteiger charge is 2.63. The Morgan fingerprint density at radius 2 is 1.89 bits per heavy atom. The van der Waals surface area contributed by atoms with Gasteiger partial charge in [-0.3, -0.25) is 4.79 Å². The Bertz CT molecular complexity index is 385. The van der Waals surface area contributed by atoms with Crippen LogP contribution in [0.4, 0.5) is 0 Å². The fraction of sp³-hybridized carbons (Fsp3) is 0.933. The fourth-order valence-corrected chi connectivity index (χ4v) is 4.11. The Morgan fingerprint density at radius 3 is 2.37 bits per heavy atom. The van der Waals surface area contributed by atoms with E-state index in [1.807, 2.05) is 0 Å². The van der Waals surface area contributed by atoms with E-state index >= 15 is 0 Å². The number of epoxide rings is 1. The maximum absolute atomic E-state index is 11.7. The summed E-state index contributed by atoms with van der Waals surface area (Å²) in [5.74, 6) is 0.400. The molecule has 3 nitrogen and oxygen atoms in total. The zero-order chi connectivity index (χ0) is 14.6. The van der Waals surface area contributed by atoms with Gasteiger partial charge in [0, 0.05) is 5.92 Å². The van der Waals surface area contributed by atoms with Crippen LogP contribution in [0.3, 0.4) is 0 Å². The van der Waals surface area contributed by atoms with Gasteiger partial charge in [0.25, 0.3) is 0 Å². The Labute approximate surface area is 118 Å². The third-order valence-corrected chi connectivity index (χ3v) is 9.92. The molecule has 1 aliphatic heterocycles. The maximum Gasteiger partial charge on any atom is 0.192 e. The molecular formula is C15H28O3Si. The van der Waals surface area contributed by atoms with Crippen molar-refractivity contribution in [3.63, 3.8) is 0 Å². The molecule has 0 amide bonds. The topological polar surface area (TPSA) is 38.8 Å². The van der Waals surface area contributed by atoms with E-state index in [-0.39, 0.29) is 34.5 Å². The lowest BCUT2D eigenvalue weighted by Gasteiger charge is -2.42. The van der Waals surface area contributed by atoms with Crippen LogP contribution in [0, 0.1) is 5.92 Å². The summed E-state index contributed by atoms with van der Waals surface area (Å²) in [5, 5.41) is 0.191. The Morgan fingerprint density at radius 1 is 1.32 bits per heavy atom. The van der Waals surface area contributed by atoms with Crippen molar-refractivity contribution in [1.82, 2.24) is 0 Å². The lowest BCUT2D eigenvalue weighted by atomic mass is 9.79. The molecule has 0 aromatic carbocycles. The Balaban J connectivity index is 2.12. The van der Waals surface area contributed by atoms with E-state index in [2.05, 4.69) is 40.8 Å². The first-order valence-corrected chi connectivity index (χ1v) is 10.2. The second-order valence-corrected chi connectivity index (χ2v) is 12.7. The molecule has 1 saturated heterocycles. The largest absolute Gasteiger partial charge is 0.411 e. The number of carbonyl (C=O) groups is 1. The van der Waals surface area contributed by atoms with E-state index in [0.717, 1.165) is 12.8 Å². The summed E-state index contributed by atoms with van der Waals surface area (Å²) in [7, 11) is -1.81. The SMILES string of the molecule is CC(=O)[C@H]1C[C@H](O[Si](C)(C)C(C)(C)C)[C@]2(C)O[C@@H]2C1. The van der Waals surface area contributed by atoms with E-state index in [1.54, 1.807) is 6.92 Å². The second kappa shape index (κ2) is 4.40. The lowest BCUT2D eigenvalue weighted by Crippen LogP contribution is -2.50. The minimum absolute atomic E-state index is 0.0843. The van der Waals surface area contributed by atoms with Gasteiger partial charge < -0.3 is 9.16 Å². The average molecular weight is 284 g/mol. The molecule has 0 aromatic rings. The fourth-order valence-electron chi connectivity index (χ4n) is 2.71. The molecular weight excluding hydrogens is 256 g/mol. The number of ketones is 1. The van der Waals surface area contributed by atoms with Crippen molar-refractivity contribution in [2.45, 2.75) is 83.4 Å². The molecule has 0 spiro atoms. The Hall–Kier alpha value is -0.193. The summed E-state index contributed by atoms with van der Waals surface area (Å²) in [5.41, 5.74) is -0.137. The van der Waals surface area contributed by atoms with Crippen molar-refractivity contribution in [2.75, 3.05) is 0 Å². The van der Waals surface area contributed by atoms with Crippen LogP contribution in [0.15, 0.2) is 0 Å². The zero-order valence-electron chi connectivity index (χ0n) is 13.4. The summed E-state index contributed by atoms with van der Waals surface area (Å²) in [6.07, 6.45) is 2.02. The molecule has 4 heteroatoms. The number of Topliss-reactive ketones (excluding diaryl/α,β-unsaturated/α-hetero) is 1. The quantitative estimate of drug-likeness (QED) is 0.588. The summed E-state index contributed by atoms with van der Waals surface area (Å²) >= 11 is 0. The van der Waals surface area contributed by atoms with E-state index in [0.29, 0.717) is 0 Å².